The summed E-state index contributed by atoms with van der Waals surface area (Å²) < 4.78 is 64.1. The summed E-state index contributed by atoms with van der Waals surface area (Å²) >= 11 is 0. The monoisotopic (exact) mass is 365 g/mol. The smallest absolute Gasteiger partial charge is 0.384 e. The van der Waals surface area contributed by atoms with Gasteiger partial charge in [-0.25, -0.2) is 17.6 Å². The van der Waals surface area contributed by atoms with Crippen molar-refractivity contribution in [1.29, 1.82) is 0 Å². The second kappa shape index (κ2) is 11.6. The first-order chi connectivity index (χ1) is 11.5. The van der Waals surface area contributed by atoms with E-state index in [0.717, 1.165) is 37.8 Å². The van der Waals surface area contributed by atoms with Gasteiger partial charge in [0.2, 0.25) is 0 Å². The molecule has 2 nitrogen and oxygen atoms in total. The van der Waals surface area contributed by atoms with Crippen molar-refractivity contribution in [2.75, 3.05) is 13.2 Å². The van der Waals surface area contributed by atoms with Crippen molar-refractivity contribution < 1.29 is 26.4 Å². The van der Waals surface area contributed by atoms with Crippen LogP contribution >= 0.6 is 0 Å². The molecule has 137 valence electrons. The van der Waals surface area contributed by atoms with Crippen LogP contribution in [0.3, 0.4) is 0 Å². The molecule has 0 aromatic heterocycles. The second-order valence-corrected chi connectivity index (χ2v) is 7.41. The number of halogens is 4. The fraction of sp³-hybridized carbons (Fsp3) is 0.647. The van der Waals surface area contributed by atoms with Gasteiger partial charge in [-0.05, 0) is 43.4 Å². The van der Waals surface area contributed by atoms with Crippen LogP contribution in [-0.4, -0.2) is 22.5 Å². The Bertz CT molecular complexity index is 492. The van der Waals surface area contributed by atoms with Crippen molar-refractivity contribution in [2.24, 2.45) is 0 Å². The van der Waals surface area contributed by atoms with Crippen LogP contribution in [-0.2, 0) is 15.3 Å². The lowest BCUT2D eigenvalue weighted by molar-refractivity contribution is 0.195. The average Bonchev–Trinajstić information content (AvgIpc) is 2.58. The van der Waals surface area contributed by atoms with Crippen LogP contribution in [0.25, 0.3) is 0 Å². The quantitative estimate of drug-likeness (QED) is 0.165. The van der Waals surface area contributed by atoms with Gasteiger partial charge in [0.1, 0.15) is 0 Å². The van der Waals surface area contributed by atoms with Crippen LogP contribution in [0.2, 0.25) is 6.04 Å². The maximum absolute atomic E-state index is 13.5. The minimum atomic E-state index is -1.76. The molecule has 7 heteroatoms. The Morgan fingerprint density at radius 1 is 0.833 bits per heavy atom. The number of rotatable bonds is 12. The molecule has 0 bridgehead atoms. The number of benzene rings is 1. The third-order valence-corrected chi connectivity index (χ3v) is 5.25. The fourth-order valence-corrected chi connectivity index (χ4v) is 3.96. The summed E-state index contributed by atoms with van der Waals surface area (Å²) in [5, 5.41) is 0. The Balaban J connectivity index is 2.37. The zero-order chi connectivity index (χ0) is 17.9. The molecule has 0 aliphatic carbocycles. The van der Waals surface area contributed by atoms with E-state index >= 15 is 0 Å². The van der Waals surface area contributed by atoms with Crippen molar-refractivity contribution in [3.8, 4) is 0 Å². The van der Waals surface area contributed by atoms with Gasteiger partial charge in [0.25, 0.3) is 0 Å². The Labute approximate surface area is 143 Å². The molecule has 0 atom stereocenters. The van der Waals surface area contributed by atoms with Crippen molar-refractivity contribution in [3.05, 3.63) is 34.9 Å². The second-order valence-electron chi connectivity index (χ2n) is 5.59. The molecule has 0 saturated heterocycles. The zero-order valence-electron chi connectivity index (χ0n) is 14.3. The SMILES string of the molecule is CCCO[Si](CCCCCc1cc(F)c(F)c(F)c1F)OCCC. The van der Waals surface area contributed by atoms with E-state index in [1.807, 2.05) is 13.8 Å². The molecule has 0 saturated carbocycles. The van der Waals surface area contributed by atoms with E-state index in [1.54, 1.807) is 0 Å². The van der Waals surface area contributed by atoms with Crippen molar-refractivity contribution in [1.82, 2.24) is 0 Å². The number of hydrogen-bond acceptors (Lipinski definition) is 2. The predicted octanol–water partition coefficient (Wildman–Crippen LogP) is 5.30. The van der Waals surface area contributed by atoms with Gasteiger partial charge in [-0.3, -0.25) is 0 Å². The van der Waals surface area contributed by atoms with Crippen LogP contribution in [0.1, 0.15) is 51.5 Å². The summed E-state index contributed by atoms with van der Waals surface area (Å²) in [4.78, 5) is 0. The Morgan fingerprint density at radius 2 is 1.46 bits per heavy atom. The van der Waals surface area contributed by atoms with Gasteiger partial charge in [-0.1, -0.05) is 26.7 Å². The summed E-state index contributed by atoms with van der Waals surface area (Å²) in [6.07, 6.45) is 4.22. The van der Waals surface area contributed by atoms with Crippen LogP contribution in [0.4, 0.5) is 17.6 Å². The molecule has 24 heavy (non-hydrogen) atoms. The highest BCUT2D eigenvalue weighted by atomic mass is 28.3. The molecular formula is C17H25F4O2Si. The summed E-state index contributed by atoms with van der Waals surface area (Å²) in [7, 11) is -1.28. The van der Waals surface area contributed by atoms with Crippen molar-refractivity contribution in [3.63, 3.8) is 0 Å². The Kier molecular flexibility index (Phi) is 10.2. The highest BCUT2D eigenvalue weighted by molar-refractivity contribution is 6.44. The maximum atomic E-state index is 13.5. The molecule has 1 aromatic carbocycles. The number of unbranched alkanes of at least 4 members (excludes halogenated alkanes) is 2. The predicted molar refractivity (Wildman–Crippen MR) is 86.9 cm³/mol. The molecule has 0 heterocycles. The van der Waals surface area contributed by atoms with Crippen LogP contribution < -0.4 is 0 Å². The molecule has 0 spiro atoms. The van der Waals surface area contributed by atoms with E-state index in [9.17, 15) is 17.6 Å². The van der Waals surface area contributed by atoms with Gasteiger partial charge in [0.15, 0.2) is 23.3 Å². The van der Waals surface area contributed by atoms with E-state index in [4.69, 9.17) is 8.85 Å². The topological polar surface area (TPSA) is 18.5 Å². The first-order valence-electron chi connectivity index (χ1n) is 8.44. The Morgan fingerprint density at radius 3 is 2.04 bits per heavy atom. The highest BCUT2D eigenvalue weighted by Crippen LogP contribution is 2.20. The molecule has 1 radical (unpaired) electrons. The first-order valence-corrected chi connectivity index (χ1v) is 9.96. The van der Waals surface area contributed by atoms with Gasteiger partial charge in [0, 0.05) is 13.2 Å². The normalized spacial score (nSPS) is 11.5. The van der Waals surface area contributed by atoms with Gasteiger partial charge in [-0.2, -0.15) is 0 Å². The highest BCUT2D eigenvalue weighted by Gasteiger charge is 2.19. The maximum Gasteiger partial charge on any atom is 0.384 e. The van der Waals surface area contributed by atoms with Crippen LogP contribution in [0, 0.1) is 23.3 Å². The molecule has 0 fully saturated rings. The van der Waals surface area contributed by atoms with Crippen molar-refractivity contribution in [2.45, 2.75) is 58.4 Å². The lowest BCUT2D eigenvalue weighted by atomic mass is 10.1. The van der Waals surface area contributed by atoms with Gasteiger partial charge >= 0.3 is 9.28 Å². The molecule has 1 aromatic rings. The van der Waals surface area contributed by atoms with E-state index < -0.39 is 32.6 Å². The molecular weight excluding hydrogens is 340 g/mol. The third-order valence-electron chi connectivity index (χ3n) is 3.44. The number of hydrogen-bond donors (Lipinski definition) is 0. The lowest BCUT2D eigenvalue weighted by Crippen LogP contribution is -2.23. The van der Waals surface area contributed by atoms with E-state index in [2.05, 4.69) is 0 Å². The summed E-state index contributed by atoms with van der Waals surface area (Å²) in [6.45, 7) is 5.43. The Hall–Kier alpha value is -0.923. The largest absolute Gasteiger partial charge is 0.393 e. The molecule has 0 unspecified atom stereocenters. The molecule has 0 N–H and O–H groups in total. The first kappa shape index (κ1) is 21.1. The molecule has 0 aliphatic heterocycles. The van der Waals surface area contributed by atoms with Gasteiger partial charge < -0.3 is 8.85 Å². The standard InChI is InChI=1S/C17H25F4O2Si/c1-3-9-22-24(23-10-4-2)11-7-5-6-8-13-12-14(18)16(20)17(21)15(13)19/h12H,3-11H2,1-2H3. The van der Waals surface area contributed by atoms with Crippen LogP contribution in [0.5, 0.6) is 0 Å². The molecule has 1 rings (SSSR count). The van der Waals surface area contributed by atoms with Gasteiger partial charge in [-0.15, -0.1) is 0 Å². The fourth-order valence-electron chi connectivity index (χ4n) is 2.18. The van der Waals surface area contributed by atoms with Crippen molar-refractivity contribution >= 4 is 9.28 Å². The van der Waals surface area contributed by atoms with E-state index in [-0.39, 0.29) is 12.0 Å². The van der Waals surface area contributed by atoms with Gasteiger partial charge in [0.05, 0.1) is 0 Å². The summed E-state index contributed by atoms with van der Waals surface area (Å²) in [5.41, 5.74) is -0.124. The number of aryl methyl sites for hydroxylation is 1. The minimum absolute atomic E-state index is 0.124. The third kappa shape index (κ3) is 6.90. The average molecular weight is 365 g/mol. The minimum Gasteiger partial charge on any atom is -0.393 e. The molecule has 0 amide bonds. The van der Waals surface area contributed by atoms with E-state index in [0.29, 0.717) is 19.6 Å². The summed E-state index contributed by atoms with van der Waals surface area (Å²) in [6, 6.07) is 1.55. The van der Waals surface area contributed by atoms with Crippen LogP contribution in [0.15, 0.2) is 6.07 Å². The molecule has 0 aliphatic rings. The summed E-state index contributed by atoms with van der Waals surface area (Å²) in [5.74, 6) is -6.15. The zero-order valence-corrected chi connectivity index (χ0v) is 15.3. The van der Waals surface area contributed by atoms with E-state index in [1.165, 1.54) is 0 Å². The lowest BCUT2D eigenvalue weighted by Gasteiger charge is -2.14.